The van der Waals surface area contributed by atoms with Crippen LogP contribution in [-0.2, 0) is 18.4 Å². The molecule has 0 saturated carbocycles. The second-order valence-corrected chi connectivity index (χ2v) is 6.20. The molecule has 3 aromatic rings. The number of pyridine rings is 1. The van der Waals surface area contributed by atoms with Gasteiger partial charge in [0.1, 0.15) is 6.17 Å². The lowest BCUT2D eigenvalue weighted by Crippen LogP contribution is -2.27. The molecule has 126 valence electrons. The van der Waals surface area contributed by atoms with Crippen LogP contribution in [0.1, 0.15) is 17.3 Å². The molecule has 0 spiro atoms. The highest BCUT2D eigenvalue weighted by Gasteiger charge is 2.33. The SMILES string of the molecule is Cn1cc(C2NC(=O)CN2Cc2ccccc2)c(-c2ccncc2)n1. The van der Waals surface area contributed by atoms with Crippen molar-refractivity contribution < 1.29 is 4.79 Å². The maximum Gasteiger partial charge on any atom is 0.235 e. The molecule has 4 rings (SSSR count). The lowest BCUT2D eigenvalue weighted by molar-refractivity contribution is -0.118. The van der Waals surface area contributed by atoms with Crippen molar-refractivity contribution in [3.63, 3.8) is 0 Å². The Morgan fingerprint density at radius 2 is 1.92 bits per heavy atom. The first-order valence-corrected chi connectivity index (χ1v) is 8.22. The Morgan fingerprint density at radius 1 is 1.16 bits per heavy atom. The smallest absolute Gasteiger partial charge is 0.235 e. The van der Waals surface area contributed by atoms with Gasteiger partial charge in [-0.3, -0.25) is 19.4 Å². The van der Waals surface area contributed by atoms with Gasteiger partial charge in [-0.15, -0.1) is 0 Å². The summed E-state index contributed by atoms with van der Waals surface area (Å²) >= 11 is 0. The standard InChI is InChI=1S/C19H19N5O/c1-23-12-16(18(22-23)15-7-9-20-10-8-15)19-21-17(25)13-24(19)11-14-5-3-2-4-6-14/h2-10,12,19H,11,13H2,1H3,(H,21,25). The number of rotatable bonds is 4. The Hall–Kier alpha value is -2.99. The molecule has 1 unspecified atom stereocenters. The Balaban J connectivity index is 1.69. The zero-order chi connectivity index (χ0) is 17.2. The number of hydrogen-bond acceptors (Lipinski definition) is 4. The number of amides is 1. The van der Waals surface area contributed by atoms with Crippen molar-refractivity contribution in [1.82, 2.24) is 25.0 Å². The number of aryl methyl sites for hydroxylation is 1. The highest BCUT2D eigenvalue weighted by molar-refractivity contribution is 5.81. The average Bonchev–Trinajstić information content (AvgIpc) is 3.19. The van der Waals surface area contributed by atoms with Crippen LogP contribution in [0.25, 0.3) is 11.3 Å². The Kier molecular flexibility index (Phi) is 4.03. The fourth-order valence-corrected chi connectivity index (χ4v) is 3.25. The third kappa shape index (κ3) is 3.16. The maximum atomic E-state index is 12.1. The van der Waals surface area contributed by atoms with Gasteiger partial charge in [0.25, 0.3) is 0 Å². The molecule has 1 atom stereocenters. The number of carbonyl (C=O) groups is 1. The molecular formula is C19H19N5O. The summed E-state index contributed by atoms with van der Waals surface area (Å²) in [5, 5.41) is 7.68. The van der Waals surface area contributed by atoms with Gasteiger partial charge < -0.3 is 5.32 Å². The van der Waals surface area contributed by atoms with Crippen molar-refractivity contribution in [2.24, 2.45) is 7.05 Å². The first-order chi connectivity index (χ1) is 12.2. The van der Waals surface area contributed by atoms with E-state index in [9.17, 15) is 4.79 Å². The normalized spacial score (nSPS) is 17.6. The van der Waals surface area contributed by atoms with Gasteiger partial charge in [0.15, 0.2) is 0 Å². The summed E-state index contributed by atoms with van der Waals surface area (Å²) in [6, 6.07) is 14.1. The second kappa shape index (κ2) is 6.49. The quantitative estimate of drug-likeness (QED) is 0.794. The monoisotopic (exact) mass is 333 g/mol. The molecule has 0 aliphatic carbocycles. The molecule has 1 N–H and O–H groups in total. The van der Waals surface area contributed by atoms with Crippen molar-refractivity contribution in [2.45, 2.75) is 12.7 Å². The Morgan fingerprint density at radius 3 is 2.68 bits per heavy atom. The molecular weight excluding hydrogens is 314 g/mol. The maximum absolute atomic E-state index is 12.1. The number of nitrogens with one attached hydrogen (secondary N) is 1. The van der Waals surface area contributed by atoms with Crippen molar-refractivity contribution in [2.75, 3.05) is 6.54 Å². The van der Waals surface area contributed by atoms with Gasteiger partial charge in [0, 0.05) is 43.3 Å². The fourth-order valence-electron chi connectivity index (χ4n) is 3.25. The minimum Gasteiger partial charge on any atom is -0.335 e. The number of hydrogen-bond donors (Lipinski definition) is 1. The molecule has 1 amide bonds. The van der Waals surface area contributed by atoms with Gasteiger partial charge in [-0.25, -0.2) is 0 Å². The number of carbonyl (C=O) groups excluding carboxylic acids is 1. The van der Waals surface area contributed by atoms with Crippen LogP contribution in [0.4, 0.5) is 0 Å². The molecule has 25 heavy (non-hydrogen) atoms. The zero-order valence-electron chi connectivity index (χ0n) is 14.0. The molecule has 1 aliphatic heterocycles. The average molecular weight is 333 g/mol. The summed E-state index contributed by atoms with van der Waals surface area (Å²) in [4.78, 5) is 18.3. The third-order valence-electron chi connectivity index (χ3n) is 4.34. The third-order valence-corrected chi connectivity index (χ3v) is 4.34. The van der Waals surface area contributed by atoms with E-state index in [1.807, 2.05) is 43.6 Å². The molecule has 6 nitrogen and oxygen atoms in total. The first kappa shape index (κ1) is 15.5. The topological polar surface area (TPSA) is 63.1 Å². The summed E-state index contributed by atoms with van der Waals surface area (Å²) < 4.78 is 1.79. The summed E-state index contributed by atoms with van der Waals surface area (Å²) in [7, 11) is 1.90. The largest absolute Gasteiger partial charge is 0.335 e. The Bertz CT molecular complexity index is 875. The van der Waals surface area contributed by atoms with Crippen molar-refractivity contribution in [3.8, 4) is 11.3 Å². The molecule has 1 saturated heterocycles. The molecule has 2 aromatic heterocycles. The molecule has 0 radical (unpaired) electrons. The van der Waals surface area contributed by atoms with E-state index in [2.05, 4.69) is 32.4 Å². The number of benzene rings is 1. The van der Waals surface area contributed by atoms with Crippen LogP contribution in [0.3, 0.4) is 0 Å². The lowest BCUT2D eigenvalue weighted by Gasteiger charge is -2.23. The van der Waals surface area contributed by atoms with Crippen LogP contribution in [0, 0.1) is 0 Å². The summed E-state index contributed by atoms with van der Waals surface area (Å²) in [5.41, 5.74) is 4.04. The lowest BCUT2D eigenvalue weighted by atomic mass is 10.1. The highest BCUT2D eigenvalue weighted by atomic mass is 16.2. The van der Waals surface area contributed by atoms with E-state index in [0.29, 0.717) is 13.1 Å². The van der Waals surface area contributed by atoms with E-state index in [-0.39, 0.29) is 12.1 Å². The van der Waals surface area contributed by atoms with Crippen molar-refractivity contribution >= 4 is 5.91 Å². The van der Waals surface area contributed by atoms with Crippen LogP contribution >= 0.6 is 0 Å². The summed E-state index contributed by atoms with van der Waals surface area (Å²) in [5.74, 6) is 0.0328. The van der Waals surface area contributed by atoms with Crippen LogP contribution in [0.15, 0.2) is 61.1 Å². The van der Waals surface area contributed by atoms with E-state index < -0.39 is 0 Å². The molecule has 1 aromatic carbocycles. The van der Waals surface area contributed by atoms with Gasteiger partial charge in [-0.2, -0.15) is 5.10 Å². The summed E-state index contributed by atoms with van der Waals surface area (Å²) in [6.07, 6.45) is 5.29. The van der Waals surface area contributed by atoms with Gasteiger partial charge in [-0.05, 0) is 17.7 Å². The molecule has 0 bridgehead atoms. The minimum atomic E-state index is -0.190. The minimum absolute atomic E-state index is 0.0328. The van der Waals surface area contributed by atoms with Gasteiger partial charge in [0.2, 0.25) is 5.91 Å². The van der Waals surface area contributed by atoms with E-state index in [1.165, 1.54) is 5.56 Å². The number of aromatic nitrogens is 3. The molecule has 3 heterocycles. The van der Waals surface area contributed by atoms with Crippen LogP contribution in [0.5, 0.6) is 0 Å². The molecule has 6 heteroatoms. The van der Waals surface area contributed by atoms with Crippen molar-refractivity contribution in [1.29, 1.82) is 0 Å². The van der Waals surface area contributed by atoms with Gasteiger partial charge in [0.05, 0.1) is 12.2 Å². The predicted molar refractivity (Wildman–Crippen MR) is 94.2 cm³/mol. The predicted octanol–water partition coefficient (Wildman–Crippen LogP) is 2.11. The summed E-state index contributed by atoms with van der Waals surface area (Å²) in [6.45, 7) is 1.08. The van der Waals surface area contributed by atoms with E-state index in [4.69, 9.17) is 0 Å². The van der Waals surface area contributed by atoms with E-state index in [1.54, 1.807) is 17.1 Å². The zero-order valence-corrected chi connectivity index (χ0v) is 14.0. The fraction of sp³-hybridized carbons (Fsp3) is 0.211. The van der Waals surface area contributed by atoms with Gasteiger partial charge >= 0.3 is 0 Å². The van der Waals surface area contributed by atoms with Crippen molar-refractivity contribution in [3.05, 3.63) is 72.2 Å². The first-order valence-electron chi connectivity index (χ1n) is 8.22. The Labute approximate surface area is 146 Å². The van der Waals surface area contributed by atoms with E-state index in [0.717, 1.165) is 16.8 Å². The number of nitrogens with zero attached hydrogens (tertiary/aromatic N) is 4. The van der Waals surface area contributed by atoms with Gasteiger partial charge in [-0.1, -0.05) is 30.3 Å². The molecule has 1 fully saturated rings. The van der Waals surface area contributed by atoms with Crippen LogP contribution in [-0.4, -0.2) is 32.1 Å². The van der Waals surface area contributed by atoms with E-state index >= 15 is 0 Å². The molecule has 1 aliphatic rings. The van der Waals surface area contributed by atoms with Crippen LogP contribution < -0.4 is 5.32 Å². The second-order valence-electron chi connectivity index (χ2n) is 6.20. The highest BCUT2D eigenvalue weighted by Crippen LogP contribution is 2.31. The van der Waals surface area contributed by atoms with Crippen LogP contribution in [0.2, 0.25) is 0 Å².